The Labute approximate surface area is 112 Å². The van der Waals surface area contributed by atoms with Crippen molar-refractivity contribution in [2.75, 3.05) is 37.0 Å². The van der Waals surface area contributed by atoms with Gasteiger partial charge >= 0.3 is 5.69 Å². The fraction of sp³-hybridized carbons (Fsp3) is 0.583. The topological polar surface area (TPSA) is 91.5 Å². The summed E-state index contributed by atoms with van der Waals surface area (Å²) in [6, 6.07) is 3.00. The van der Waals surface area contributed by atoms with E-state index in [2.05, 4.69) is 10.3 Å². The number of aliphatic hydroxyl groups is 1. The van der Waals surface area contributed by atoms with Crippen LogP contribution in [-0.4, -0.2) is 41.8 Å². The third kappa shape index (κ3) is 4.06. The molecule has 0 bridgehead atoms. The van der Waals surface area contributed by atoms with E-state index in [1.54, 1.807) is 18.0 Å². The maximum Gasteiger partial charge on any atom is 0.311 e. The normalized spacial score (nSPS) is 10.3. The molecule has 0 aliphatic carbocycles. The van der Waals surface area contributed by atoms with Gasteiger partial charge in [0.05, 0.1) is 11.5 Å². The van der Waals surface area contributed by atoms with Crippen LogP contribution in [0.1, 0.15) is 19.8 Å². The molecule has 2 N–H and O–H groups in total. The van der Waals surface area contributed by atoms with Crippen molar-refractivity contribution in [1.29, 1.82) is 0 Å². The smallest absolute Gasteiger partial charge is 0.311 e. The van der Waals surface area contributed by atoms with Crippen LogP contribution in [0.25, 0.3) is 0 Å². The molecule has 0 aliphatic rings. The highest BCUT2D eigenvalue weighted by atomic mass is 16.6. The monoisotopic (exact) mass is 268 g/mol. The van der Waals surface area contributed by atoms with Gasteiger partial charge < -0.3 is 15.3 Å². The van der Waals surface area contributed by atoms with Crippen LogP contribution in [0.5, 0.6) is 0 Å². The minimum atomic E-state index is -0.446. The number of aliphatic hydroxyl groups excluding tert-OH is 1. The number of unbranched alkanes of at least 4 members (excludes halogenated alkanes) is 1. The lowest BCUT2D eigenvalue weighted by atomic mass is 10.3. The molecule has 1 aromatic rings. The van der Waals surface area contributed by atoms with Crippen LogP contribution in [0.4, 0.5) is 17.3 Å². The third-order valence-corrected chi connectivity index (χ3v) is 2.76. The number of pyridine rings is 1. The van der Waals surface area contributed by atoms with E-state index in [4.69, 9.17) is 5.11 Å². The van der Waals surface area contributed by atoms with Gasteiger partial charge in [0, 0.05) is 26.2 Å². The molecule has 0 radical (unpaired) electrons. The van der Waals surface area contributed by atoms with Gasteiger partial charge in [-0.05, 0) is 12.5 Å². The Morgan fingerprint density at radius 3 is 2.74 bits per heavy atom. The van der Waals surface area contributed by atoms with Gasteiger partial charge in [0.2, 0.25) is 5.82 Å². The van der Waals surface area contributed by atoms with E-state index in [0.29, 0.717) is 24.7 Å². The predicted octanol–water partition coefficient (Wildman–Crippen LogP) is 1.63. The zero-order valence-corrected chi connectivity index (χ0v) is 11.3. The largest absolute Gasteiger partial charge is 0.395 e. The van der Waals surface area contributed by atoms with Crippen molar-refractivity contribution < 1.29 is 10.0 Å². The summed E-state index contributed by atoms with van der Waals surface area (Å²) in [6.07, 6.45) is 1.87. The molecule has 106 valence electrons. The SMILES string of the molecule is CCCCN(CCO)c1nc(NC)ccc1[N+](=O)[O-]. The predicted molar refractivity (Wildman–Crippen MR) is 74.6 cm³/mol. The van der Waals surface area contributed by atoms with Crippen molar-refractivity contribution in [3.63, 3.8) is 0 Å². The highest BCUT2D eigenvalue weighted by Gasteiger charge is 2.21. The number of nitro groups is 1. The summed E-state index contributed by atoms with van der Waals surface area (Å²) in [5, 5.41) is 23.0. The number of anilines is 2. The van der Waals surface area contributed by atoms with E-state index in [-0.39, 0.29) is 12.3 Å². The number of rotatable bonds is 8. The Morgan fingerprint density at radius 1 is 1.47 bits per heavy atom. The van der Waals surface area contributed by atoms with Crippen LogP contribution in [0.2, 0.25) is 0 Å². The first-order valence-electron chi connectivity index (χ1n) is 6.33. The maximum atomic E-state index is 11.1. The number of hydrogen-bond acceptors (Lipinski definition) is 6. The van der Waals surface area contributed by atoms with Crippen LogP contribution >= 0.6 is 0 Å². The average Bonchev–Trinajstić information content (AvgIpc) is 2.42. The summed E-state index contributed by atoms with van der Waals surface area (Å²) >= 11 is 0. The zero-order chi connectivity index (χ0) is 14.3. The van der Waals surface area contributed by atoms with Gasteiger partial charge in [-0.25, -0.2) is 4.98 Å². The molecule has 0 aliphatic heterocycles. The Bertz CT molecular complexity index is 425. The molecule has 1 rings (SSSR count). The van der Waals surface area contributed by atoms with E-state index < -0.39 is 4.92 Å². The summed E-state index contributed by atoms with van der Waals surface area (Å²) in [7, 11) is 1.71. The van der Waals surface area contributed by atoms with Crippen molar-refractivity contribution in [3.05, 3.63) is 22.2 Å². The number of nitrogens with one attached hydrogen (secondary N) is 1. The van der Waals surface area contributed by atoms with E-state index >= 15 is 0 Å². The van der Waals surface area contributed by atoms with Crippen LogP contribution < -0.4 is 10.2 Å². The molecule has 0 atom stereocenters. The molecular weight excluding hydrogens is 248 g/mol. The molecule has 0 saturated heterocycles. The first-order valence-corrected chi connectivity index (χ1v) is 6.33. The summed E-state index contributed by atoms with van der Waals surface area (Å²) in [5.41, 5.74) is -0.0384. The number of hydrogen-bond donors (Lipinski definition) is 2. The minimum absolute atomic E-state index is 0.0384. The molecular formula is C12H20N4O3. The third-order valence-electron chi connectivity index (χ3n) is 2.76. The molecule has 7 heteroatoms. The maximum absolute atomic E-state index is 11.1. The van der Waals surface area contributed by atoms with Crippen molar-refractivity contribution in [3.8, 4) is 0 Å². The van der Waals surface area contributed by atoms with Crippen LogP contribution in [-0.2, 0) is 0 Å². The fourth-order valence-corrected chi connectivity index (χ4v) is 1.75. The van der Waals surface area contributed by atoms with E-state index in [0.717, 1.165) is 12.8 Å². The van der Waals surface area contributed by atoms with Gasteiger partial charge in [-0.1, -0.05) is 13.3 Å². The van der Waals surface area contributed by atoms with Crippen molar-refractivity contribution >= 4 is 17.3 Å². The lowest BCUT2D eigenvalue weighted by Crippen LogP contribution is -2.29. The summed E-state index contributed by atoms with van der Waals surface area (Å²) in [6.45, 7) is 2.95. The minimum Gasteiger partial charge on any atom is -0.395 e. The first-order chi connectivity index (χ1) is 9.13. The van der Waals surface area contributed by atoms with Crippen molar-refractivity contribution in [2.45, 2.75) is 19.8 Å². The molecule has 0 amide bonds. The summed E-state index contributed by atoms with van der Waals surface area (Å²) < 4.78 is 0. The Kier molecular flexibility index (Phi) is 6.01. The summed E-state index contributed by atoms with van der Waals surface area (Å²) in [5.74, 6) is 0.874. The second-order valence-electron chi connectivity index (χ2n) is 4.11. The van der Waals surface area contributed by atoms with Gasteiger partial charge in [0.1, 0.15) is 5.82 Å². The van der Waals surface area contributed by atoms with E-state index in [1.165, 1.54) is 6.07 Å². The number of aromatic nitrogens is 1. The lowest BCUT2D eigenvalue weighted by molar-refractivity contribution is -0.384. The van der Waals surface area contributed by atoms with Gasteiger partial charge in [0.25, 0.3) is 0 Å². The van der Waals surface area contributed by atoms with Crippen LogP contribution in [0.3, 0.4) is 0 Å². The number of nitrogens with zero attached hydrogens (tertiary/aromatic N) is 3. The average molecular weight is 268 g/mol. The molecule has 0 spiro atoms. The molecule has 0 aromatic carbocycles. The molecule has 0 unspecified atom stereocenters. The highest BCUT2D eigenvalue weighted by Crippen LogP contribution is 2.27. The first kappa shape index (κ1) is 15.2. The van der Waals surface area contributed by atoms with E-state index in [1.807, 2.05) is 6.92 Å². The van der Waals surface area contributed by atoms with Gasteiger partial charge in [-0.15, -0.1) is 0 Å². The molecule has 7 nitrogen and oxygen atoms in total. The van der Waals surface area contributed by atoms with Gasteiger partial charge in [-0.2, -0.15) is 0 Å². The molecule has 0 saturated carbocycles. The van der Waals surface area contributed by atoms with Gasteiger partial charge in [-0.3, -0.25) is 10.1 Å². The standard InChI is InChI=1S/C12H20N4O3/c1-3-4-7-15(8-9-17)12-10(16(18)19)5-6-11(13-2)14-12/h5-6,17H,3-4,7-9H2,1-2H3,(H,13,14). The zero-order valence-electron chi connectivity index (χ0n) is 11.3. The quantitative estimate of drug-likeness (QED) is 0.550. The van der Waals surface area contributed by atoms with Gasteiger partial charge in [0.15, 0.2) is 0 Å². The van der Waals surface area contributed by atoms with E-state index in [9.17, 15) is 10.1 Å². The lowest BCUT2D eigenvalue weighted by Gasteiger charge is -2.22. The van der Waals surface area contributed by atoms with Crippen LogP contribution in [0.15, 0.2) is 12.1 Å². The molecule has 1 heterocycles. The van der Waals surface area contributed by atoms with Crippen molar-refractivity contribution in [1.82, 2.24) is 4.98 Å². The Hall–Kier alpha value is -1.89. The second kappa shape index (κ2) is 7.52. The Balaban J connectivity index is 3.12. The molecule has 1 aromatic heterocycles. The van der Waals surface area contributed by atoms with Crippen molar-refractivity contribution in [2.24, 2.45) is 0 Å². The molecule has 0 fully saturated rings. The molecule has 19 heavy (non-hydrogen) atoms. The highest BCUT2D eigenvalue weighted by molar-refractivity contribution is 5.61. The summed E-state index contributed by atoms with van der Waals surface area (Å²) in [4.78, 5) is 16.6. The Morgan fingerprint density at radius 2 is 2.21 bits per heavy atom. The fourth-order valence-electron chi connectivity index (χ4n) is 1.75. The second-order valence-corrected chi connectivity index (χ2v) is 4.11. The van der Waals surface area contributed by atoms with Crippen LogP contribution in [0, 0.1) is 10.1 Å².